The Labute approximate surface area is 227 Å². The molecule has 0 unspecified atom stereocenters. The summed E-state index contributed by atoms with van der Waals surface area (Å²) >= 11 is 6.64. The third-order valence-corrected chi connectivity index (χ3v) is 6.93. The van der Waals surface area contributed by atoms with Crippen LogP contribution in [0.1, 0.15) is 36.9 Å². The summed E-state index contributed by atoms with van der Waals surface area (Å²) in [7, 11) is 3.51. The van der Waals surface area contributed by atoms with E-state index in [9.17, 15) is 18.0 Å². The van der Waals surface area contributed by atoms with Gasteiger partial charge >= 0.3 is 6.18 Å². The maximum absolute atomic E-state index is 14.0. The van der Waals surface area contributed by atoms with Crippen LogP contribution < -0.4 is 15.4 Å². The summed E-state index contributed by atoms with van der Waals surface area (Å²) in [6, 6.07) is 7.11. The van der Waals surface area contributed by atoms with Crippen molar-refractivity contribution >= 4 is 46.1 Å². The lowest BCUT2D eigenvalue weighted by molar-refractivity contribution is -0.138. The molecular weight excluding hydrogens is 535 g/mol. The van der Waals surface area contributed by atoms with E-state index in [0.29, 0.717) is 23.5 Å². The van der Waals surface area contributed by atoms with Crippen molar-refractivity contribution in [3.8, 4) is 11.5 Å². The number of anilines is 3. The van der Waals surface area contributed by atoms with Gasteiger partial charge in [0.1, 0.15) is 22.1 Å². The number of hydrogen-bond acceptors (Lipinski definition) is 7. The van der Waals surface area contributed by atoms with Crippen LogP contribution in [0.25, 0.3) is 11.2 Å². The number of fused-ring (bicyclic) bond motifs is 1. The van der Waals surface area contributed by atoms with Crippen molar-refractivity contribution in [2.75, 3.05) is 24.2 Å². The van der Waals surface area contributed by atoms with Crippen LogP contribution in [0.5, 0.6) is 11.5 Å². The summed E-state index contributed by atoms with van der Waals surface area (Å²) < 4.78 is 49.5. The maximum atomic E-state index is 14.0. The Balaban J connectivity index is 1.45. The number of aryl methyl sites for hydroxylation is 1. The van der Waals surface area contributed by atoms with Crippen molar-refractivity contribution in [2.45, 2.75) is 32.0 Å². The predicted octanol–water partition coefficient (Wildman–Crippen LogP) is 6.30. The molecule has 1 amide bonds. The minimum atomic E-state index is -4.51. The normalized spacial score (nSPS) is 16.0. The average molecular weight is 560 g/mol. The highest BCUT2D eigenvalue weighted by atomic mass is 35.5. The quantitative estimate of drug-likeness (QED) is 0.286. The van der Waals surface area contributed by atoms with Gasteiger partial charge in [-0.05, 0) is 50.2 Å². The van der Waals surface area contributed by atoms with E-state index < -0.39 is 11.7 Å². The molecule has 9 nitrogen and oxygen atoms in total. The van der Waals surface area contributed by atoms with Crippen LogP contribution >= 0.6 is 11.6 Å². The molecule has 39 heavy (non-hydrogen) atoms. The highest BCUT2D eigenvalue weighted by Crippen LogP contribution is 2.42. The van der Waals surface area contributed by atoms with Gasteiger partial charge in [-0.2, -0.15) is 18.2 Å². The second-order valence-electron chi connectivity index (χ2n) is 9.33. The van der Waals surface area contributed by atoms with Gasteiger partial charge in [0.2, 0.25) is 11.9 Å². The Morgan fingerprint density at radius 3 is 2.67 bits per heavy atom. The Bertz CT molecular complexity index is 1560. The van der Waals surface area contributed by atoms with Crippen LogP contribution in [-0.2, 0) is 18.0 Å². The number of ether oxygens (including phenoxy) is 1. The van der Waals surface area contributed by atoms with Crippen LogP contribution in [0.3, 0.4) is 0 Å². The Hall–Kier alpha value is -3.90. The maximum Gasteiger partial charge on any atom is 0.416 e. The Morgan fingerprint density at radius 1 is 1.18 bits per heavy atom. The third-order valence-electron chi connectivity index (χ3n) is 6.56. The van der Waals surface area contributed by atoms with Gasteiger partial charge in [-0.1, -0.05) is 17.7 Å². The average Bonchev–Trinajstić information content (AvgIpc) is 3.43. The van der Waals surface area contributed by atoms with E-state index >= 15 is 0 Å². The van der Waals surface area contributed by atoms with E-state index in [-0.39, 0.29) is 45.6 Å². The number of hydrogen-bond donors (Lipinski definition) is 2. The molecule has 204 valence electrons. The molecule has 0 aliphatic carbocycles. The summed E-state index contributed by atoms with van der Waals surface area (Å²) in [6.45, 7) is 2.13. The van der Waals surface area contributed by atoms with Gasteiger partial charge in [0, 0.05) is 38.0 Å². The number of carbonyl (C=O) groups is 1. The molecule has 1 fully saturated rings. The zero-order chi connectivity index (χ0) is 27.9. The first-order valence-electron chi connectivity index (χ1n) is 12.1. The number of nitrogens with zero attached hydrogens (tertiary/aromatic N) is 5. The number of benzene rings is 1. The lowest BCUT2D eigenvalue weighted by Gasteiger charge is -2.24. The number of rotatable bonds is 6. The molecule has 1 saturated heterocycles. The van der Waals surface area contributed by atoms with E-state index in [1.54, 1.807) is 23.7 Å². The fraction of sp³-hybridized carbons (Fsp3) is 0.308. The number of likely N-dealkylation sites (tertiary alicyclic amines) is 1. The van der Waals surface area contributed by atoms with Crippen LogP contribution in [0, 0.1) is 0 Å². The van der Waals surface area contributed by atoms with Crippen LogP contribution in [0.15, 0.2) is 42.7 Å². The van der Waals surface area contributed by atoms with Gasteiger partial charge < -0.3 is 19.9 Å². The molecule has 0 radical (unpaired) electrons. The molecule has 3 aromatic heterocycles. The first kappa shape index (κ1) is 26.7. The number of halogens is 4. The van der Waals surface area contributed by atoms with E-state index in [0.717, 1.165) is 19.0 Å². The number of nitrogens with one attached hydrogen (secondary N) is 2. The fourth-order valence-electron chi connectivity index (χ4n) is 4.75. The minimum Gasteiger partial charge on any atom is -0.454 e. The van der Waals surface area contributed by atoms with Gasteiger partial charge in [-0.25, -0.2) is 9.97 Å². The summed E-state index contributed by atoms with van der Waals surface area (Å²) in [5, 5.41) is 5.75. The monoisotopic (exact) mass is 559 g/mol. The number of pyridine rings is 2. The summed E-state index contributed by atoms with van der Waals surface area (Å²) in [5.74, 6) is 0.875. The molecule has 0 bridgehead atoms. The minimum absolute atomic E-state index is 0.205. The Kier molecular flexibility index (Phi) is 7.08. The predicted molar refractivity (Wildman–Crippen MR) is 141 cm³/mol. The molecule has 1 atom stereocenters. The van der Waals surface area contributed by atoms with Gasteiger partial charge in [0.15, 0.2) is 11.4 Å². The molecule has 2 N–H and O–H groups in total. The number of amides is 1. The van der Waals surface area contributed by atoms with Crippen molar-refractivity contribution in [2.24, 2.45) is 7.05 Å². The number of aromatic nitrogens is 4. The molecule has 4 aromatic rings. The van der Waals surface area contributed by atoms with Crippen LogP contribution in [-0.4, -0.2) is 43.9 Å². The standard InChI is InChI=1S/C26H25ClF3N7O2/c1-14(38)33-21-12-16(8-9-31-21)39-20-13-32-24-23(22(20)27)37(3)25(35-24)34-15-6-7-17(18(11-15)26(28,29)30)19-5-4-10-36(19)2/h6-9,11-13,19H,4-5,10H2,1-3H3,(H,31,33,38)(H,32,34,35)/t19-/m0/s1. The van der Waals surface area contributed by atoms with E-state index in [2.05, 4.69) is 25.6 Å². The van der Waals surface area contributed by atoms with Crippen LogP contribution in [0.4, 0.5) is 30.6 Å². The van der Waals surface area contributed by atoms with Crippen molar-refractivity contribution in [3.05, 3.63) is 58.9 Å². The third kappa shape index (κ3) is 5.48. The SMILES string of the molecule is CC(=O)Nc1cc(Oc2cnc3nc(Nc4ccc([C@@H]5CCCN5C)c(C(F)(F)F)c4)n(C)c3c2Cl)ccn1. The van der Waals surface area contributed by atoms with Crippen molar-refractivity contribution < 1.29 is 22.7 Å². The second-order valence-corrected chi connectivity index (χ2v) is 9.70. The first-order chi connectivity index (χ1) is 18.5. The smallest absolute Gasteiger partial charge is 0.416 e. The molecule has 0 spiro atoms. The molecule has 0 saturated carbocycles. The van der Waals surface area contributed by atoms with Gasteiger partial charge in [-0.3, -0.25) is 9.69 Å². The molecule has 5 rings (SSSR count). The van der Waals surface area contributed by atoms with Crippen molar-refractivity contribution in [3.63, 3.8) is 0 Å². The van der Waals surface area contributed by atoms with Gasteiger partial charge in [-0.15, -0.1) is 0 Å². The number of alkyl halides is 3. The van der Waals surface area contributed by atoms with Crippen LogP contribution in [0.2, 0.25) is 5.02 Å². The zero-order valence-corrected chi connectivity index (χ0v) is 22.1. The molecule has 1 aliphatic heterocycles. The molecular formula is C26H25ClF3N7O2. The van der Waals surface area contributed by atoms with Crippen molar-refractivity contribution in [1.29, 1.82) is 0 Å². The Morgan fingerprint density at radius 2 is 1.97 bits per heavy atom. The molecule has 1 aliphatic rings. The summed E-state index contributed by atoms with van der Waals surface area (Å²) in [6.07, 6.45) is -0.103. The highest BCUT2D eigenvalue weighted by molar-refractivity contribution is 6.36. The molecule has 4 heterocycles. The van der Waals surface area contributed by atoms with E-state index in [1.807, 2.05) is 11.9 Å². The topological polar surface area (TPSA) is 97.2 Å². The molecule has 1 aromatic carbocycles. The second kappa shape index (κ2) is 10.3. The lowest BCUT2D eigenvalue weighted by Crippen LogP contribution is -2.21. The number of imidazole rings is 1. The van der Waals surface area contributed by atoms with E-state index in [4.69, 9.17) is 16.3 Å². The molecule has 13 heteroatoms. The van der Waals surface area contributed by atoms with Gasteiger partial charge in [0.25, 0.3) is 0 Å². The lowest BCUT2D eigenvalue weighted by atomic mass is 9.97. The van der Waals surface area contributed by atoms with Gasteiger partial charge in [0.05, 0.1) is 11.8 Å². The largest absolute Gasteiger partial charge is 0.454 e. The zero-order valence-electron chi connectivity index (χ0n) is 21.3. The highest BCUT2D eigenvalue weighted by Gasteiger charge is 2.37. The fourth-order valence-corrected chi connectivity index (χ4v) is 5.05. The summed E-state index contributed by atoms with van der Waals surface area (Å²) in [4.78, 5) is 26.0. The van der Waals surface area contributed by atoms with Crippen molar-refractivity contribution in [1.82, 2.24) is 24.4 Å². The first-order valence-corrected chi connectivity index (χ1v) is 12.5. The number of carbonyl (C=O) groups excluding carboxylic acids is 1. The van der Waals surface area contributed by atoms with E-state index in [1.165, 1.54) is 31.5 Å². The summed E-state index contributed by atoms with van der Waals surface area (Å²) in [5.41, 5.74) is 0.537.